The smallest absolute Gasteiger partial charge is 0.323 e. The summed E-state index contributed by atoms with van der Waals surface area (Å²) >= 11 is 11.9. The van der Waals surface area contributed by atoms with Gasteiger partial charge in [0.15, 0.2) is 0 Å². The van der Waals surface area contributed by atoms with Gasteiger partial charge in [0, 0.05) is 28.6 Å². The third kappa shape index (κ3) is 6.56. The summed E-state index contributed by atoms with van der Waals surface area (Å²) in [7, 11) is 0. The molecule has 0 saturated heterocycles. The van der Waals surface area contributed by atoms with Crippen molar-refractivity contribution in [2.24, 2.45) is 0 Å². The molecule has 0 unspecified atom stereocenters. The molecule has 0 bridgehead atoms. The lowest BCUT2D eigenvalue weighted by Gasteiger charge is -2.36. The molecule has 0 aromatic heterocycles. The highest BCUT2D eigenvalue weighted by Gasteiger charge is 2.32. The number of rotatable bonds is 8. The molecule has 1 amide bonds. The molecule has 1 atom stereocenters. The number of aryl methyl sites for hydroxylation is 1. The van der Waals surface area contributed by atoms with E-state index in [4.69, 9.17) is 27.9 Å². The van der Waals surface area contributed by atoms with Crippen LogP contribution in [0.2, 0.25) is 10.0 Å². The van der Waals surface area contributed by atoms with Gasteiger partial charge in [0.25, 0.3) is 5.91 Å². The highest BCUT2D eigenvalue weighted by molar-refractivity contribution is 6.30. The van der Waals surface area contributed by atoms with Crippen LogP contribution in [0.1, 0.15) is 40.4 Å². The first kappa shape index (κ1) is 25.1. The Bertz CT molecular complexity index is 1210. The second-order valence-electron chi connectivity index (χ2n) is 9.17. The van der Waals surface area contributed by atoms with Gasteiger partial charge in [0.2, 0.25) is 0 Å². The number of fused-ring (bicyclic) bond motifs is 1. The first-order chi connectivity index (χ1) is 16.7. The molecule has 7 heteroatoms. The Morgan fingerprint density at radius 3 is 2.23 bits per heavy atom. The monoisotopic (exact) mass is 511 g/mol. The van der Waals surface area contributed by atoms with Gasteiger partial charge in [0.05, 0.1) is 0 Å². The van der Waals surface area contributed by atoms with E-state index < -0.39 is 5.97 Å². The van der Waals surface area contributed by atoms with Gasteiger partial charge in [-0.05, 0) is 85.3 Å². The summed E-state index contributed by atoms with van der Waals surface area (Å²) in [6, 6.07) is 20.5. The number of hydrogen-bond donors (Lipinski definition) is 1. The van der Waals surface area contributed by atoms with Gasteiger partial charge in [-0.3, -0.25) is 9.59 Å². The first-order valence-corrected chi connectivity index (χ1v) is 12.3. The van der Waals surface area contributed by atoms with Crippen LogP contribution in [0.4, 0.5) is 0 Å². The largest absolute Gasteiger partial charge is 0.487 e. The molecule has 3 aromatic carbocycles. The molecule has 1 aliphatic heterocycles. The van der Waals surface area contributed by atoms with Crippen LogP contribution in [-0.4, -0.2) is 40.6 Å². The van der Waals surface area contributed by atoms with Crippen molar-refractivity contribution in [1.82, 2.24) is 4.90 Å². The Hall–Kier alpha value is -3.02. The number of hydrogen-bond acceptors (Lipinski definition) is 3. The molecule has 0 fully saturated rings. The zero-order valence-corrected chi connectivity index (χ0v) is 21.0. The average molecular weight is 512 g/mol. The third-order valence-electron chi connectivity index (χ3n) is 6.28. The molecule has 35 heavy (non-hydrogen) atoms. The predicted octanol–water partition coefficient (Wildman–Crippen LogP) is 6.09. The number of benzene rings is 3. The van der Waals surface area contributed by atoms with Crippen LogP contribution < -0.4 is 4.74 Å². The Labute approximate surface area is 215 Å². The van der Waals surface area contributed by atoms with Crippen molar-refractivity contribution in [3.8, 4) is 5.75 Å². The molecular weight excluding hydrogens is 485 g/mol. The summed E-state index contributed by atoms with van der Waals surface area (Å²) in [5.41, 5.74) is 3.19. The fraction of sp³-hybridized carbons (Fsp3) is 0.286. The van der Waals surface area contributed by atoms with E-state index in [-0.39, 0.29) is 18.1 Å². The van der Waals surface area contributed by atoms with Crippen molar-refractivity contribution >= 4 is 35.1 Å². The maximum Gasteiger partial charge on any atom is 0.323 e. The molecule has 1 aliphatic rings. The lowest BCUT2D eigenvalue weighted by molar-refractivity contribution is -0.137. The van der Waals surface area contributed by atoms with E-state index in [1.807, 2.05) is 48.5 Å². The lowest BCUT2D eigenvalue weighted by Crippen LogP contribution is -2.39. The van der Waals surface area contributed by atoms with Gasteiger partial charge in [-0.1, -0.05) is 47.5 Å². The molecule has 0 saturated carbocycles. The van der Waals surface area contributed by atoms with Gasteiger partial charge in [0.1, 0.15) is 17.9 Å². The number of carboxylic acid groups (broad SMARTS) is 1. The number of amides is 1. The van der Waals surface area contributed by atoms with Crippen LogP contribution in [0.5, 0.6) is 5.75 Å². The van der Waals surface area contributed by atoms with Crippen LogP contribution in [0, 0.1) is 0 Å². The van der Waals surface area contributed by atoms with E-state index in [0.717, 1.165) is 41.7 Å². The number of ether oxygens (including phenoxy) is 1. The fourth-order valence-corrected chi connectivity index (χ4v) is 4.65. The molecule has 0 radical (unpaired) electrons. The highest BCUT2D eigenvalue weighted by atomic mass is 35.5. The van der Waals surface area contributed by atoms with Crippen molar-refractivity contribution in [1.29, 1.82) is 0 Å². The van der Waals surface area contributed by atoms with E-state index in [0.29, 0.717) is 28.6 Å². The van der Waals surface area contributed by atoms with Gasteiger partial charge in [-0.2, -0.15) is 0 Å². The Balaban J connectivity index is 1.46. The number of carboxylic acids is 1. The number of carbonyl (C=O) groups is 2. The quantitative estimate of drug-likeness (QED) is 0.397. The molecule has 1 N–H and O–H groups in total. The van der Waals surface area contributed by atoms with E-state index in [1.54, 1.807) is 18.2 Å². The van der Waals surface area contributed by atoms with Crippen molar-refractivity contribution < 1.29 is 19.4 Å². The SMILES string of the molecule is C[C@@]1(Cc2ccc(Cl)cc2)CCc2cc(C(=O)N(CCc3ccc(Cl)cc3)CC(=O)O)ccc2O1. The minimum atomic E-state index is -1.05. The first-order valence-electron chi connectivity index (χ1n) is 11.5. The van der Waals surface area contributed by atoms with E-state index in [1.165, 1.54) is 4.90 Å². The maximum absolute atomic E-state index is 13.2. The standard InChI is InChI=1S/C28H27Cl2NO4/c1-28(17-20-4-9-24(30)10-5-20)14-12-21-16-22(6-11-25(21)35-28)27(34)31(18-26(32)33)15-13-19-2-7-23(29)8-3-19/h2-11,16H,12-15,17-18H2,1H3,(H,32,33)/t28-/m0/s1. The summed E-state index contributed by atoms with van der Waals surface area (Å²) in [6.07, 6.45) is 2.86. The van der Waals surface area contributed by atoms with Crippen LogP contribution >= 0.6 is 23.2 Å². The predicted molar refractivity (Wildman–Crippen MR) is 138 cm³/mol. The number of carbonyl (C=O) groups excluding carboxylic acids is 1. The third-order valence-corrected chi connectivity index (χ3v) is 6.78. The molecule has 182 valence electrons. The topological polar surface area (TPSA) is 66.8 Å². The van der Waals surface area contributed by atoms with Crippen LogP contribution in [0.25, 0.3) is 0 Å². The minimum Gasteiger partial charge on any atom is -0.487 e. The zero-order chi connectivity index (χ0) is 25.0. The minimum absolute atomic E-state index is 0.291. The second-order valence-corrected chi connectivity index (χ2v) is 10.0. The Kier molecular flexibility index (Phi) is 7.68. The van der Waals surface area contributed by atoms with Crippen LogP contribution in [0.3, 0.4) is 0 Å². The van der Waals surface area contributed by atoms with Crippen LogP contribution in [-0.2, 0) is 24.1 Å². The molecule has 0 aliphatic carbocycles. The molecule has 3 aromatic rings. The van der Waals surface area contributed by atoms with E-state index in [2.05, 4.69) is 6.92 Å². The fourth-order valence-electron chi connectivity index (χ4n) is 4.39. The zero-order valence-electron chi connectivity index (χ0n) is 19.5. The van der Waals surface area contributed by atoms with Gasteiger partial charge < -0.3 is 14.7 Å². The van der Waals surface area contributed by atoms with Crippen molar-refractivity contribution in [3.05, 3.63) is 99.0 Å². The molecular formula is C28H27Cl2NO4. The van der Waals surface area contributed by atoms with Gasteiger partial charge in [-0.25, -0.2) is 0 Å². The second kappa shape index (κ2) is 10.7. The summed E-state index contributed by atoms with van der Waals surface area (Å²) in [5, 5.41) is 10.7. The number of halogens is 2. The highest BCUT2D eigenvalue weighted by Crippen LogP contribution is 2.36. The summed E-state index contributed by atoms with van der Waals surface area (Å²) in [6.45, 7) is 2.02. The van der Waals surface area contributed by atoms with Gasteiger partial charge in [-0.15, -0.1) is 0 Å². The normalized spacial score (nSPS) is 16.8. The van der Waals surface area contributed by atoms with E-state index in [9.17, 15) is 14.7 Å². The Morgan fingerprint density at radius 1 is 0.971 bits per heavy atom. The van der Waals surface area contributed by atoms with E-state index >= 15 is 0 Å². The van der Waals surface area contributed by atoms with Gasteiger partial charge >= 0.3 is 5.97 Å². The average Bonchev–Trinajstić information content (AvgIpc) is 2.83. The summed E-state index contributed by atoms with van der Waals surface area (Å²) < 4.78 is 6.37. The lowest BCUT2D eigenvalue weighted by atomic mass is 9.87. The molecule has 0 spiro atoms. The maximum atomic E-state index is 13.2. The number of nitrogens with zero attached hydrogens (tertiary/aromatic N) is 1. The van der Waals surface area contributed by atoms with Crippen molar-refractivity contribution in [3.63, 3.8) is 0 Å². The summed E-state index contributed by atoms with van der Waals surface area (Å²) in [4.78, 5) is 26.0. The summed E-state index contributed by atoms with van der Waals surface area (Å²) in [5.74, 6) is -0.595. The molecule has 1 heterocycles. The molecule has 4 rings (SSSR count). The molecule has 5 nitrogen and oxygen atoms in total. The Morgan fingerprint density at radius 2 is 1.60 bits per heavy atom. The van der Waals surface area contributed by atoms with Crippen molar-refractivity contribution in [2.45, 2.75) is 38.2 Å². The van der Waals surface area contributed by atoms with Crippen molar-refractivity contribution in [2.75, 3.05) is 13.1 Å². The van der Waals surface area contributed by atoms with Crippen LogP contribution in [0.15, 0.2) is 66.7 Å². The number of aliphatic carboxylic acids is 1.